The van der Waals surface area contributed by atoms with Crippen molar-refractivity contribution in [2.75, 3.05) is 30.6 Å². The van der Waals surface area contributed by atoms with E-state index < -0.39 is 88.2 Å². The molecule has 0 aliphatic rings. The number of nitrogens with two attached hydrogens (primary N) is 1. The number of alkyl halides is 3. The average molecular weight is 738 g/mol. The Balaban J connectivity index is 2.38. The van der Waals surface area contributed by atoms with Crippen LogP contribution in [-0.4, -0.2) is 105 Å². The highest BCUT2D eigenvalue weighted by Crippen LogP contribution is 2.46. The maximum atomic E-state index is 15.9. The van der Waals surface area contributed by atoms with Crippen molar-refractivity contribution in [3.05, 3.63) is 65.7 Å². The normalized spacial score (nSPS) is 14.6. The van der Waals surface area contributed by atoms with Gasteiger partial charge in [0.25, 0.3) is 5.91 Å². The summed E-state index contributed by atoms with van der Waals surface area (Å²) in [6, 6.07) is 5.11. The predicted molar refractivity (Wildman–Crippen MR) is 172 cm³/mol. The first kappa shape index (κ1) is 41.2. The first-order valence-corrected chi connectivity index (χ1v) is 17.2. The van der Waals surface area contributed by atoms with Gasteiger partial charge in [-0.2, -0.15) is 32.3 Å². The fourth-order valence-corrected chi connectivity index (χ4v) is 5.40. The summed E-state index contributed by atoms with van der Waals surface area (Å²) in [5.41, 5.74) is 5.18. The second-order valence-electron chi connectivity index (χ2n) is 10.5. The molecule has 4 atom stereocenters. The van der Waals surface area contributed by atoms with E-state index in [4.69, 9.17) is 5.73 Å². The van der Waals surface area contributed by atoms with E-state index in [-0.39, 0.29) is 24.3 Å². The van der Waals surface area contributed by atoms with E-state index >= 15 is 13.2 Å². The van der Waals surface area contributed by atoms with Crippen LogP contribution in [0.3, 0.4) is 0 Å². The van der Waals surface area contributed by atoms with Crippen molar-refractivity contribution >= 4 is 53.1 Å². The number of aliphatic carboxylic acids is 1. The van der Waals surface area contributed by atoms with E-state index in [1.54, 1.807) is 6.26 Å². The number of imide groups is 1. The van der Waals surface area contributed by atoms with Gasteiger partial charge in [0.15, 0.2) is 0 Å². The van der Waals surface area contributed by atoms with Gasteiger partial charge in [-0.25, -0.2) is 9.18 Å². The molecule has 49 heavy (non-hydrogen) atoms. The Labute approximate surface area is 286 Å². The van der Waals surface area contributed by atoms with Crippen LogP contribution in [0.5, 0.6) is 5.75 Å². The van der Waals surface area contributed by atoms with Crippen LogP contribution in [0.15, 0.2) is 54.6 Å². The standard InChI is InChI=1S/C30H36F5N5O7S2/c1-48-14-12-22(38-25(43)21(36)16-18-8-10-20(41)11-9-18)26(44)37-17-24(42)39(23(27(45)46)13-15-49-2)28(47)30(33,40(34)35)29(31,32)19-6-4-3-5-7-19/h3-11,21-23,41H,12-17,36H2,1-2H3,(H,37,44)(H,38,43)(H,45,46)/t21-,22+,23-,30+/m0/s1. The number of carbonyl (C=O) groups excluding carboxylic acids is 4. The summed E-state index contributed by atoms with van der Waals surface area (Å²) in [5.74, 6) is -19.3. The molecular formula is C30H36F5N5O7S2. The number of halogens is 5. The molecule has 0 bridgehead atoms. The van der Waals surface area contributed by atoms with E-state index in [2.05, 4.69) is 5.32 Å². The van der Waals surface area contributed by atoms with Gasteiger partial charge in [-0.1, -0.05) is 51.4 Å². The van der Waals surface area contributed by atoms with Crippen molar-refractivity contribution in [1.29, 1.82) is 0 Å². The lowest BCUT2D eigenvalue weighted by atomic mass is 9.96. The molecule has 0 aliphatic heterocycles. The molecule has 0 radical (unpaired) electrons. The molecule has 2 aromatic carbocycles. The number of hydrogen-bond acceptors (Lipinski definition) is 10. The lowest BCUT2D eigenvalue weighted by Crippen LogP contribution is -2.65. The third-order valence-corrected chi connectivity index (χ3v) is 8.42. The molecule has 0 spiro atoms. The minimum absolute atomic E-state index is 0.00389. The van der Waals surface area contributed by atoms with E-state index in [0.29, 0.717) is 23.4 Å². The summed E-state index contributed by atoms with van der Waals surface area (Å²) in [6.07, 6.45) is 2.50. The smallest absolute Gasteiger partial charge is 0.365 e. The van der Waals surface area contributed by atoms with E-state index in [1.165, 1.54) is 48.3 Å². The zero-order valence-electron chi connectivity index (χ0n) is 26.3. The van der Waals surface area contributed by atoms with Gasteiger partial charge in [-0.15, -0.1) is 0 Å². The van der Waals surface area contributed by atoms with Crippen LogP contribution in [0.1, 0.15) is 24.0 Å². The van der Waals surface area contributed by atoms with Gasteiger partial charge in [0.2, 0.25) is 17.7 Å². The highest BCUT2D eigenvalue weighted by molar-refractivity contribution is 7.98. The lowest BCUT2D eigenvalue weighted by Gasteiger charge is -2.37. The first-order valence-electron chi connectivity index (χ1n) is 14.5. The zero-order chi connectivity index (χ0) is 36.9. The van der Waals surface area contributed by atoms with Crippen LogP contribution in [0.25, 0.3) is 0 Å². The van der Waals surface area contributed by atoms with Crippen LogP contribution >= 0.6 is 23.5 Å². The Morgan fingerprint density at radius 2 is 1.47 bits per heavy atom. The summed E-state index contributed by atoms with van der Waals surface area (Å²) in [7, 11) is 0. The van der Waals surface area contributed by atoms with Gasteiger partial charge in [0, 0.05) is 5.56 Å². The quantitative estimate of drug-likeness (QED) is 0.0813. The van der Waals surface area contributed by atoms with Crippen molar-refractivity contribution in [1.82, 2.24) is 20.9 Å². The fourth-order valence-electron chi connectivity index (χ4n) is 4.47. The van der Waals surface area contributed by atoms with Crippen molar-refractivity contribution in [3.8, 4) is 5.75 Å². The van der Waals surface area contributed by atoms with Gasteiger partial charge in [-0.05, 0) is 61.0 Å². The van der Waals surface area contributed by atoms with Gasteiger partial charge in [-0.3, -0.25) is 24.1 Å². The molecule has 0 unspecified atom stereocenters. The molecule has 2 aromatic rings. The van der Waals surface area contributed by atoms with Gasteiger partial charge in [0.05, 0.1) is 17.9 Å². The molecular weight excluding hydrogens is 701 g/mol. The van der Waals surface area contributed by atoms with Crippen molar-refractivity contribution in [2.45, 2.75) is 49.1 Å². The number of amides is 4. The minimum Gasteiger partial charge on any atom is -0.508 e. The number of carboxylic acids is 1. The van der Waals surface area contributed by atoms with Gasteiger partial charge >= 0.3 is 17.7 Å². The molecule has 0 aliphatic carbocycles. The number of phenols is 1. The monoisotopic (exact) mass is 737 g/mol. The summed E-state index contributed by atoms with van der Waals surface area (Å²) < 4.78 is 74.8. The zero-order valence-corrected chi connectivity index (χ0v) is 27.9. The predicted octanol–water partition coefficient (Wildman–Crippen LogP) is 2.71. The van der Waals surface area contributed by atoms with Crippen molar-refractivity contribution in [2.24, 2.45) is 5.73 Å². The summed E-state index contributed by atoms with van der Waals surface area (Å²) in [4.78, 5) is 64.2. The summed E-state index contributed by atoms with van der Waals surface area (Å²) in [5, 5.41) is 21.0. The number of phenolic OH excluding ortho intramolecular Hbond substituents is 1. The van der Waals surface area contributed by atoms with E-state index in [9.17, 15) is 43.1 Å². The van der Waals surface area contributed by atoms with E-state index in [0.717, 1.165) is 23.9 Å². The molecule has 4 amide bonds. The fraction of sp³-hybridized carbons (Fsp3) is 0.433. The highest BCUT2D eigenvalue weighted by atomic mass is 32.2. The van der Waals surface area contributed by atoms with Crippen LogP contribution in [0, 0.1) is 0 Å². The Kier molecular flexibility index (Phi) is 15.8. The molecule has 19 heteroatoms. The second-order valence-corrected chi connectivity index (χ2v) is 12.5. The molecule has 2 rings (SSSR count). The number of rotatable bonds is 19. The Morgan fingerprint density at radius 3 is 2.00 bits per heavy atom. The number of nitrogens with zero attached hydrogens (tertiary/aromatic N) is 2. The highest BCUT2D eigenvalue weighted by Gasteiger charge is 2.70. The SMILES string of the molecule is CSCC[C@@H](NC(=O)[C@@H](N)Cc1ccc(O)cc1)C(=O)NCC(=O)N(C(=O)[C@@](F)(N(F)F)C(F)(F)c1ccccc1)[C@@H](CCSC)C(=O)O. The number of nitrogens with one attached hydrogen (secondary N) is 2. The number of carboxylic acid groups (broad SMARTS) is 1. The molecule has 0 aromatic heterocycles. The Bertz CT molecular complexity index is 1450. The molecule has 0 saturated carbocycles. The maximum absolute atomic E-state index is 15.9. The molecule has 12 nitrogen and oxygen atoms in total. The molecule has 0 saturated heterocycles. The molecule has 0 heterocycles. The molecule has 270 valence electrons. The minimum atomic E-state index is -5.57. The molecule has 0 fully saturated rings. The van der Waals surface area contributed by atoms with Crippen LogP contribution in [0.4, 0.5) is 22.1 Å². The molecule has 6 N–H and O–H groups in total. The van der Waals surface area contributed by atoms with Crippen molar-refractivity contribution in [3.63, 3.8) is 0 Å². The van der Waals surface area contributed by atoms with Crippen LogP contribution in [-0.2, 0) is 36.3 Å². The van der Waals surface area contributed by atoms with E-state index in [1.807, 2.05) is 5.32 Å². The van der Waals surface area contributed by atoms with Gasteiger partial charge in [0.1, 0.15) is 17.8 Å². The average Bonchev–Trinajstić information content (AvgIpc) is 3.07. The number of thioether (sulfide) groups is 2. The Morgan fingerprint density at radius 1 is 0.898 bits per heavy atom. The van der Waals surface area contributed by atoms with Gasteiger partial charge < -0.3 is 26.6 Å². The topological polar surface area (TPSA) is 182 Å². The third-order valence-electron chi connectivity index (χ3n) is 7.13. The Hall–Kier alpha value is -3.94. The third kappa shape index (κ3) is 10.5. The van der Waals surface area contributed by atoms with Crippen molar-refractivity contribution < 1.29 is 56.3 Å². The largest absolute Gasteiger partial charge is 0.508 e. The number of aromatic hydroxyl groups is 1. The number of hydrogen-bond donors (Lipinski definition) is 5. The first-order chi connectivity index (χ1) is 23.0. The lowest BCUT2D eigenvalue weighted by molar-refractivity contribution is -0.337. The van der Waals surface area contributed by atoms with Crippen LogP contribution in [0.2, 0.25) is 0 Å². The number of benzene rings is 2. The van der Waals surface area contributed by atoms with Crippen LogP contribution < -0.4 is 16.4 Å². The maximum Gasteiger partial charge on any atom is 0.365 e. The summed E-state index contributed by atoms with van der Waals surface area (Å²) in [6.45, 7) is -1.33. The number of carbonyl (C=O) groups is 5. The summed E-state index contributed by atoms with van der Waals surface area (Å²) >= 11 is 2.28. The second kappa shape index (κ2) is 18.7.